The highest BCUT2D eigenvalue weighted by Crippen LogP contribution is 2.25. The van der Waals surface area contributed by atoms with Crippen molar-refractivity contribution in [1.29, 1.82) is 0 Å². The van der Waals surface area contributed by atoms with Gasteiger partial charge in [0.05, 0.1) is 5.75 Å². The van der Waals surface area contributed by atoms with E-state index in [2.05, 4.69) is 20.8 Å². The van der Waals surface area contributed by atoms with Crippen LogP contribution in [0.1, 0.15) is 26.3 Å². The monoisotopic (exact) mass is 389 g/mol. The number of benzene rings is 1. The molecule has 1 heterocycles. The summed E-state index contributed by atoms with van der Waals surface area (Å²) in [6, 6.07) is 8.05. The van der Waals surface area contributed by atoms with Gasteiger partial charge in [0.25, 0.3) is 0 Å². The molecule has 1 aromatic carbocycles. The number of hydrogen-bond acceptors (Lipinski definition) is 5. The summed E-state index contributed by atoms with van der Waals surface area (Å²) < 4.78 is 2.02. The van der Waals surface area contributed by atoms with E-state index in [1.54, 1.807) is 0 Å². The minimum Gasteiger partial charge on any atom is -0.354 e. The average molecular weight is 390 g/mol. The smallest absolute Gasteiger partial charge is 0.230 e. The van der Waals surface area contributed by atoms with Crippen molar-refractivity contribution in [2.75, 3.05) is 18.8 Å². The molecule has 146 valence electrons. The Morgan fingerprint density at radius 1 is 1.15 bits per heavy atom. The molecule has 0 saturated carbocycles. The van der Waals surface area contributed by atoms with E-state index < -0.39 is 0 Å². The average Bonchev–Trinajstić information content (AvgIpc) is 3.06. The first-order valence-corrected chi connectivity index (χ1v) is 10.1. The molecule has 2 aromatic rings. The zero-order valence-corrected chi connectivity index (χ0v) is 17.1. The Bertz CT molecular complexity index is 788. The van der Waals surface area contributed by atoms with Gasteiger partial charge in [-0.1, -0.05) is 49.9 Å². The van der Waals surface area contributed by atoms with Crippen molar-refractivity contribution in [2.24, 2.45) is 5.92 Å². The van der Waals surface area contributed by atoms with E-state index in [0.29, 0.717) is 13.1 Å². The fraction of sp³-hybridized carbons (Fsp3) is 0.474. The number of nitrogens with zero attached hydrogens (tertiary/aromatic N) is 3. The van der Waals surface area contributed by atoms with Crippen LogP contribution < -0.4 is 10.6 Å². The Morgan fingerprint density at radius 2 is 1.85 bits per heavy atom. The number of aromatic nitrogens is 3. The fourth-order valence-electron chi connectivity index (χ4n) is 2.48. The minimum absolute atomic E-state index is 0.0154. The Balaban J connectivity index is 1.88. The van der Waals surface area contributed by atoms with Gasteiger partial charge in [-0.3, -0.25) is 9.59 Å². The molecule has 7 nitrogen and oxygen atoms in total. The molecule has 0 aliphatic heterocycles. The molecular formula is C19H27N5O2S. The number of nitrogens with one attached hydrogen (secondary N) is 2. The van der Waals surface area contributed by atoms with E-state index in [1.807, 2.05) is 56.5 Å². The first kappa shape index (κ1) is 21.0. The standard InChI is InChI=1S/C19H27N5O2S/c1-5-24-17(15-9-7-6-8-14(15)4)22-23-19(24)27-12-16(25)20-10-11-21-18(26)13(2)3/h6-9,13H,5,10-12H2,1-4H3,(H,20,25)(H,21,26). The highest BCUT2D eigenvalue weighted by molar-refractivity contribution is 7.99. The Labute approximate surface area is 164 Å². The van der Waals surface area contributed by atoms with Crippen molar-refractivity contribution in [2.45, 2.75) is 39.4 Å². The van der Waals surface area contributed by atoms with Crippen LogP contribution in [0.3, 0.4) is 0 Å². The summed E-state index contributed by atoms with van der Waals surface area (Å²) in [5, 5.41) is 14.9. The Hall–Kier alpha value is -2.35. The van der Waals surface area contributed by atoms with Crippen LogP contribution in [0.4, 0.5) is 0 Å². The van der Waals surface area contributed by atoms with E-state index in [4.69, 9.17) is 0 Å². The first-order valence-electron chi connectivity index (χ1n) is 9.10. The van der Waals surface area contributed by atoms with Gasteiger partial charge in [0.15, 0.2) is 11.0 Å². The maximum atomic E-state index is 12.0. The van der Waals surface area contributed by atoms with E-state index in [1.165, 1.54) is 11.8 Å². The van der Waals surface area contributed by atoms with Crippen LogP contribution in [0.5, 0.6) is 0 Å². The van der Waals surface area contributed by atoms with Crippen molar-refractivity contribution in [1.82, 2.24) is 25.4 Å². The maximum Gasteiger partial charge on any atom is 0.230 e. The van der Waals surface area contributed by atoms with Crippen molar-refractivity contribution >= 4 is 23.6 Å². The maximum absolute atomic E-state index is 12.0. The lowest BCUT2D eigenvalue weighted by molar-refractivity contribution is -0.124. The normalized spacial score (nSPS) is 10.9. The summed E-state index contributed by atoms with van der Waals surface area (Å²) in [6.07, 6.45) is 0. The van der Waals surface area contributed by atoms with Crippen molar-refractivity contribution < 1.29 is 9.59 Å². The van der Waals surface area contributed by atoms with Gasteiger partial charge in [-0.2, -0.15) is 0 Å². The van der Waals surface area contributed by atoms with Gasteiger partial charge in [0, 0.05) is 31.1 Å². The third kappa shape index (κ3) is 5.82. The first-order chi connectivity index (χ1) is 12.9. The van der Waals surface area contributed by atoms with E-state index in [-0.39, 0.29) is 23.5 Å². The van der Waals surface area contributed by atoms with Gasteiger partial charge in [-0.05, 0) is 19.4 Å². The number of amides is 2. The molecule has 27 heavy (non-hydrogen) atoms. The van der Waals surface area contributed by atoms with Gasteiger partial charge in [0.1, 0.15) is 0 Å². The predicted molar refractivity (Wildman–Crippen MR) is 107 cm³/mol. The fourth-order valence-corrected chi connectivity index (χ4v) is 3.31. The number of rotatable bonds is 9. The number of carbonyl (C=O) groups is 2. The van der Waals surface area contributed by atoms with Crippen LogP contribution in [0.15, 0.2) is 29.4 Å². The van der Waals surface area contributed by atoms with Gasteiger partial charge in [0.2, 0.25) is 11.8 Å². The number of thioether (sulfide) groups is 1. The zero-order valence-electron chi connectivity index (χ0n) is 16.3. The second kappa shape index (κ2) is 10.1. The number of hydrogen-bond donors (Lipinski definition) is 2. The van der Waals surface area contributed by atoms with E-state index >= 15 is 0 Å². The summed E-state index contributed by atoms with van der Waals surface area (Å²) in [5.74, 6) is 0.902. The number of carbonyl (C=O) groups excluding carboxylic acids is 2. The van der Waals surface area contributed by atoms with Crippen LogP contribution in [0.2, 0.25) is 0 Å². The molecule has 0 spiro atoms. The third-order valence-electron chi connectivity index (χ3n) is 4.02. The van der Waals surface area contributed by atoms with Crippen LogP contribution in [0, 0.1) is 12.8 Å². The second-order valence-electron chi connectivity index (χ2n) is 6.45. The van der Waals surface area contributed by atoms with Crippen molar-refractivity contribution in [3.8, 4) is 11.4 Å². The van der Waals surface area contributed by atoms with E-state index in [9.17, 15) is 9.59 Å². The molecule has 0 fully saturated rings. The third-order valence-corrected chi connectivity index (χ3v) is 4.99. The van der Waals surface area contributed by atoms with Gasteiger partial charge in [-0.15, -0.1) is 10.2 Å². The largest absolute Gasteiger partial charge is 0.354 e. The van der Waals surface area contributed by atoms with Gasteiger partial charge in [-0.25, -0.2) is 0 Å². The lowest BCUT2D eigenvalue weighted by Gasteiger charge is -2.10. The lowest BCUT2D eigenvalue weighted by atomic mass is 10.1. The molecule has 2 amide bonds. The van der Waals surface area contributed by atoms with Crippen LogP contribution in [-0.2, 0) is 16.1 Å². The topological polar surface area (TPSA) is 88.9 Å². The molecule has 0 saturated heterocycles. The Morgan fingerprint density at radius 3 is 2.52 bits per heavy atom. The van der Waals surface area contributed by atoms with Crippen molar-refractivity contribution in [3.05, 3.63) is 29.8 Å². The number of aryl methyl sites for hydroxylation is 1. The van der Waals surface area contributed by atoms with Gasteiger partial charge < -0.3 is 15.2 Å². The molecule has 0 aliphatic carbocycles. The Kier molecular flexibility index (Phi) is 7.84. The SMILES string of the molecule is CCn1c(SCC(=O)NCCNC(=O)C(C)C)nnc1-c1ccccc1C. The highest BCUT2D eigenvalue weighted by atomic mass is 32.2. The molecule has 2 N–H and O–H groups in total. The summed E-state index contributed by atoms with van der Waals surface area (Å²) in [4.78, 5) is 23.5. The molecule has 1 aromatic heterocycles. The zero-order chi connectivity index (χ0) is 19.8. The molecule has 2 rings (SSSR count). The summed E-state index contributed by atoms with van der Waals surface area (Å²) in [5.41, 5.74) is 2.18. The molecular weight excluding hydrogens is 362 g/mol. The summed E-state index contributed by atoms with van der Waals surface area (Å²) >= 11 is 1.36. The molecule has 0 unspecified atom stereocenters. The summed E-state index contributed by atoms with van der Waals surface area (Å²) in [7, 11) is 0. The van der Waals surface area contributed by atoms with Crippen LogP contribution >= 0.6 is 11.8 Å². The molecule has 0 aliphatic rings. The second-order valence-corrected chi connectivity index (χ2v) is 7.39. The quantitative estimate of drug-likeness (QED) is 0.507. The molecule has 0 radical (unpaired) electrons. The summed E-state index contributed by atoms with van der Waals surface area (Å²) in [6.45, 7) is 9.30. The van der Waals surface area contributed by atoms with Crippen LogP contribution in [-0.4, -0.2) is 45.4 Å². The van der Waals surface area contributed by atoms with Crippen LogP contribution in [0.25, 0.3) is 11.4 Å². The predicted octanol–water partition coefficient (Wildman–Crippen LogP) is 2.25. The molecule has 0 atom stereocenters. The molecule has 8 heteroatoms. The van der Waals surface area contributed by atoms with Gasteiger partial charge >= 0.3 is 0 Å². The van der Waals surface area contributed by atoms with E-state index in [0.717, 1.165) is 28.7 Å². The molecule has 0 bridgehead atoms. The van der Waals surface area contributed by atoms with Crippen molar-refractivity contribution in [3.63, 3.8) is 0 Å². The minimum atomic E-state index is -0.0955. The highest BCUT2D eigenvalue weighted by Gasteiger charge is 2.15. The lowest BCUT2D eigenvalue weighted by Crippen LogP contribution is -2.37.